The van der Waals surface area contributed by atoms with E-state index in [1.807, 2.05) is 24.3 Å². The second-order valence-electron chi connectivity index (χ2n) is 6.49. The maximum atomic E-state index is 13.0. The number of hydrogen-bond donors (Lipinski definition) is 2. The molecule has 8 heteroatoms. The molecule has 0 saturated carbocycles. The van der Waals surface area contributed by atoms with Gasteiger partial charge in [-0.1, -0.05) is 12.1 Å². The number of anilines is 1. The van der Waals surface area contributed by atoms with Crippen LogP contribution in [0.15, 0.2) is 77.7 Å². The van der Waals surface area contributed by atoms with Crippen molar-refractivity contribution in [2.45, 2.75) is 11.3 Å². The minimum atomic E-state index is -3.84. The minimum Gasteiger partial charge on any atom is -0.497 e. The first-order chi connectivity index (χ1) is 14.4. The molecule has 156 valence electrons. The molecule has 3 aromatic rings. The van der Waals surface area contributed by atoms with Gasteiger partial charge in [0.15, 0.2) is 0 Å². The van der Waals surface area contributed by atoms with E-state index in [1.54, 1.807) is 7.11 Å². The summed E-state index contributed by atoms with van der Waals surface area (Å²) in [6, 6.07) is 18.2. The van der Waals surface area contributed by atoms with Gasteiger partial charge in [-0.15, -0.1) is 0 Å². The standard InChI is InChI=1S/C22H21FN2O4S/c1-29-20-10-2-16(3-11-20)14-15-24-22(26)17-4-8-19(9-5-17)25-30(27,28)21-12-6-18(23)7-13-21/h2-13,25H,14-15H2,1H3,(H,24,26). The van der Waals surface area contributed by atoms with Gasteiger partial charge in [-0.3, -0.25) is 9.52 Å². The number of carbonyl (C=O) groups excluding carboxylic acids is 1. The molecule has 2 N–H and O–H groups in total. The number of carbonyl (C=O) groups is 1. The Morgan fingerprint density at radius 1 is 0.933 bits per heavy atom. The van der Waals surface area contributed by atoms with Crippen LogP contribution in [-0.4, -0.2) is 28.0 Å². The molecule has 0 aliphatic rings. The van der Waals surface area contributed by atoms with E-state index in [1.165, 1.54) is 36.4 Å². The third-order valence-corrected chi connectivity index (χ3v) is 5.78. The van der Waals surface area contributed by atoms with Crippen LogP contribution in [-0.2, 0) is 16.4 Å². The minimum absolute atomic E-state index is 0.0516. The molecule has 0 heterocycles. The monoisotopic (exact) mass is 428 g/mol. The molecule has 0 aliphatic heterocycles. The van der Waals surface area contributed by atoms with Crippen LogP contribution in [0.25, 0.3) is 0 Å². The molecule has 0 bridgehead atoms. The first-order valence-electron chi connectivity index (χ1n) is 9.17. The van der Waals surface area contributed by atoms with E-state index in [9.17, 15) is 17.6 Å². The summed E-state index contributed by atoms with van der Waals surface area (Å²) in [5.74, 6) is 0.00527. The number of nitrogens with one attached hydrogen (secondary N) is 2. The second kappa shape index (κ2) is 9.41. The summed E-state index contributed by atoms with van der Waals surface area (Å²) in [5.41, 5.74) is 1.78. The lowest BCUT2D eigenvalue weighted by Gasteiger charge is -2.09. The molecule has 0 spiro atoms. The number of hydrogen-bond acceptors (Lipinski definition) is 4. The number of halogens is 1. The Morgan fingerprint density at radius 3 is 2.17 bits per heavy atom. The maximum absolute atomic E-state index is 13.0. The van der Waals surface area contributed by atoms with Gasteiger partial charge >= 0.3 is 0 Å². The SMILES string of the molecule is COc1ccc(CCNC(=O)c2ccc(NS(=O)(=O)c3ccc(F)cc3)cc2)cc1. The van der Waals surface area contributed by atoms with E-state index in [2.05, 4.69) is 10.0 Å². The fraction of sp³-hybridized carbons (Fsp3) is 0.136. The fourth-order valence-corrected chi connectivity index (χ4v) is 3.79. The Bertz CT molecular complexity index is 1100. The smallest absolute Gasteiger partial charge is 0.261 e. The molecule has 6 nitrogen and oxygen atoms in total. The summed E-state index contributed by atoms with van der Waals surface area (Å²) in [4.78, 5) is 12.2. The lowest BCUT2D eigenvalue weighted by molar-refractivity contribution is 0.0954. The highest BCUT2D eigenvalue weighted by molar-refractivity contribution is 7.92. The lowest BCUT2D eigenvalue weighted by atomic mass is 10.1. The largest absolute Gasteiger partial charge is 0.497 e. The molecular weight excluding hydrogens is 407 g/mol. The highest BCUT2D eigenvalue weighted by Gasteiger charge is 2.14. The Morgan fingerprint density at radius 2 is 1.57 bits per heavy atom. The summed E-state index contributed by atoms with van der Waals surface area (Å²) in [6.45, 7) is 0.462. The van der Waals surface area contributed by atoms with E-state index in [-0.39, 0.29) is 10.8 Å². The predicted octanol–water partition coefficient (Wildman–Crippen LogP) is 3.61. The van der Waals surface area contributed by atoms with Crippen molar-refractivity contribution in [3.05, 3.63) is 89.7 Å². The van der Waals surface area contributed by atoms with Crippen LogP contribution in [0.2, 0.25) is 0 Å². The van der Waals surface area contributed by atoms with Crippen molar-refractivity contribution in [1.29, 1.82) is 0 Å². The summed E-state index contributed by atoms with van der Waals surface area (Å²) in [5, 5.41) is 2.83. The first-order valence-corrected chi connectivity index (χ1v) is 10.7. The van der Waals surface area contributed by atoms with Crippen LogP contribution in [0.4, 0.5) is 10.1 Å². The second-order valence-corrected chi connectivity index (χ2v) is 8.17. The molecular formula is C22H21FN2O4S. The number of ether oxygens (including phenoxy) is 1. The molecule has 1 amide bonds. The fourth-order valence-electron chi connectivity index (χ4n) is 2.73. The molecule has 0 aliphatic carbocycles. The van der Waals surface area contributed by atoms with Gasteiger partial charge in [0.25, 0.3) is 15.9 Å². The van der Waals surface area contributed by atoms with Gasteiger partial charge in [0.05, 0.1) is 12.0 Å². The first kappa shape index (κ1) is 21.3. The quantitative estimate of drug-likeness (QED) is 0.574. The number of sulfonamides is 1. The predicted molar refractivity (Wildman–Crippen MR) is 113 cm³/mol. The van der Waals surface area contributed by atoms with E-state index in [4.69, 9.17) is 4.74 Å². The highest BCUT2D eigenvalue weighted by atomic mass is 32.2. The topological polar surface area (TPSA) is 84.5 Å². The summed E-state index contributed by atoms with van der Waals surface area (Å²) in [7, 11) is -2.23. The van der Waals surface area contributed by atoms with Crippen LogP contribution in [0.1, 0.15) is 15.9 Å². The van der Waals surface area contributed by atoms with Crippen molar-refractivity contribution >= 4 is 21.6 Å². The van der Waals surface area contributed by atoms with E-state index < -0.39 is 15.8 Å². The number of rotatable bonds is 8. The Kier molecular flexibility index (Phi) is 6.68. The third kappa shape index (κ3) is 5.57. The zero-order valence-electron chi connectivity index (χ0n) is 16.3. The van der Waals surface area contributed by atoms with Gasteiger partial charge in [-0.25, -0.2) is 12.8 Å². The molecule has 3 rings (SSSR count). The maximum Gasteiger partial charge on any atom is 0.261 e. The van der Waals surface area contributed by atoms with Crippen molar-refractivity contribution in [1.82, 2.24) is 5.32 Å². The van der Waals surface area contributed by atoms with E-state index in [0.717, 1.165) is 23.4 Å². The van der Waals surface area contributed by atoms with E-state index >= 15 is 0 Å². The Balaban J connectivity index is 1.55. The average molecular weight is 428 g/mol. The van der Waals surface area contributed by atoms with Gasteiger partial charge in [-0.2, -0.15) is 0 Å². The summed E-state index contributed by atoms with van der Waals surface area (Å²) in [6.07, 6.45) is 0.672. The van der Waals surface area contributed by atoms with Gasteiger partial charge in [0.2, 0.25) is 0 Å². The molecule has 0 atom stereocenters. The molecule has 0 unspecified atom stereocenters. The Hall–Kier alpha value is -3.39. The number of benzene rings is 3. The van der Waals surface area contributed by atoms with Crippen molar-refractivity contribution in [2.75, 3.05) is 18.4 Å². The van der Waals surface area contributed by atoms with Crippen molar-refractivity contribution in [3.8, 4) is 5.75 Å². The van der Waals surface area contributed by atoms with Crippen molar-refractivity contribution < 1.29 is 22.3 Å². The molecule has 3 aromatic carbocycles. The molecule has 0 radical (unpaired) electrons. The summed E-state index contributed by atoms with van der Waals surface area (Å²) < 4.78 is 45.1. The lowest BCUT2D eigenvalue weighted by Crippen LogP contribution is -2.25. The number of methoxy groups -OCH3 is 1. The average Bonchev–Trinajstić information content (AvgIpc) is 2.74. The van der Waals surface area contributed by atoms with Crippen LogP contribution >= 0.6 is 0 Å². The summed E-state index contributed by atoms with van der Waals surface area (Å²) >= 11 is 0. The van der Waals surface area contributed by atoms with Gasteiger partial charge in [0.1, 0.15) is 11.6 Å². The third-order valence-electron chi connectivity index (χ3n) is 4.38. The normalized spacial score (nSPS) is 11.0. The molecule has 0 saturated heterocycles. The molecule has 0 aromatic heterocycles. The Labute approximate surface area is 174 Å². The van der Waals surface area contributed by atoms with Crippen molar-refractivity contribution in [3.63, 3.8) is 0 Å². The van der Waals surface area contributed by atoms with Crippen molar-refractivity contribution in [2.24, 2.45) is 0 Å². The highest BCUT2D eigenvalue weighted by Crippen LogP contribution is 2.17. The van der Waals surface area contributed by atoms with Crippen LogP contribution in [0, 0.1) is 5.82 Å². The van der Waals surface area contributed by atoms with Crippen LogP contribution < -0.4 is 14.8 Å². The zero-order valence-corrected chi connectivity index (χ0v) is 17.1. The number of amides is 1. The van der Waals surface area contributed by atoms with E-state index in [0.29, 0.717) is 24.2 Å². The van der Waals surface area contributed by atoms with Gasteiger partial charge < -0.3 is 10.1 Å². The molecule has 30 heavy (non-hydrogen) atoms. The van der Waals surface area contributed by atoms with Crippen LogP contribution in [0.5, 0.6) is 5.75 Å². The molecule has 0 fully saturated rings. The van der Waals surface area contributed by atoms with Gasteiger partial charge in [-0.05, 0) is 72.6 Å². The zero-order chi connectivity index (χ0) is 21.6. The van der Waals surface area contributed by atoms with Gasteiger partial charge in [0, 0.05) is 17.8 Å². The van der Waals surface area contributed by atoms with Crippen LogP contribution in [0.3, 0.4) is 0 Å².